The van der Waals surface area contributed by atoms with Crippen LogP contribution in [0.1, 0.15) is 28.4 Å². The SMILES string of the molecule is Cc1ccc(C(=O)OC(C)C)s1. The van der Waals surface area contributed by atoms with Crippen LogP contribution in [-0.2, 0) is 4.74 Å². The van der Waals surface area contributed by atoms with E-state index in [9.17, 15) is 4.79 Å². The number of hydrogen-bond acceptors (Lipinski definition) is 3. The second kappa shape index (κ2) is 3.72. The summed E-state index contributed by atoms with van der Waals surface area (Å²) in [4.78, 5) is 13.1. The fourth-order valence-corrected chi connectivity index (χ4v) is 1.57. The predicted molar refractivity (Wildman–Crippen MR) is 49.6 cm³/mol. The second-order valence-electron chi connectivity index (χ2n) is 2.86. The maximum absolute atomic E-state index is 11.3. The van der Waals surface area contributed by atoms with Crippen molar-refractivity contribution in [2.45, 2.75) is 26.9 Å². The van der Waals surface area contributed by atoms with Crippen LogP contribution in [0.4, 0.5) is 0 Å². The summed E-state index contributed by atoms with van der Waals surface area (Å²) in [6, 6.07) is 3.71. The molecular weight excluding hydrogens is 172 g/mol. The molecule has 1 heterocycles. The van der Waals surface area contributed by atoms with Crippen LogP contribution >= 0.6 is 11.3 Å². The lowest BCUT2D eigenvalue weighted by Crippen LogP contribution is -2.09. The minimum absolute atomic E-state index is 0.0418. The molecule has 2 nitrogen and oxygen atoms in total. The molecular formula is C9H12O2S. The molecule has 0 N–H and O–H groups in total. The van der Waals surface area contributed by atoms with Gasteiger partial charge in [-0.2, -0.15) is 0 Å². The van der Waals surface area contributed by atoms with Crippen LogP contribution in [0.2, 0.25) is 0 Å². The van der Waals surface area contributed by atoms with E-state index < -0.39 is 0 Å². The highest BCUT2D eigenvalue weighted by molar-refractivity contribution is 7.13. The van der Waals surface area contributed by atoms with Crippen LogP contribution in [-0.4, -0.2) is 12.1 Å². The number of ether oxygens (including phenoxy) is 1. The number of hydrogen-bond donors (Lipinski definition) is 0. The Balaban J connectivity index is 2.65. The van der Waals surface area contributed by atoms with Crippen molar-refractivity contribution in [2.75, 3.05) is 0 Å². The topological polar surface area (TPSA) is 26.3 Å². The van der Waals surface area contributed by atoms with Gasteiger partial charge >= 0.3 is 5.97 Å². The third-order valence-electron chi connectivity index (χ3n) is 1.28. The van der Waals surface area contributed by atoms with Gasteiger partial charge in [0, 0.05) is 4.88 Å². The van der Waals surface area contributed by atoms with E-state index >= 15 is 0 Å². The van der Waals surface area contributed by atoms with Gasteiger partial charge in [0.25, 0.3) is 0 Å². The van der Waals surface area contributed by atoms with Gasteiger partial charge in [-0.1, -0.05) is 0 Å². The van der Waals surface area contributed by atoms with Gasteiger partial charge in [-0.05, 0) is 32.9 Å². The quantitative estimate of drug-likeness (QED) is 0.660. The van der Waals surface area contributed by atoms with Gasteiger partial charge in [-0.3, -0.25) is 0 Å². The van der Waals surface area contributed by atoms with Crippen molar-refractivity contribution in [3.8, 4) is 0 Å². The average molecular weight is 184 g/mol. The van der Waals surface area contributed by atoms with E-state index in [0.29, 0.717) is 4.88 Å². The minimum atomic E-state index is -0.219. The Labute approximate surface area is 76.2 Å². The molecule has 0 atom stereocenters. The Kier molecular flexibility index (Phi) is 2.87. The summed E-state index contributed by atoms with van der Waals surface area (Å²) in [5.41, 5.74) is 0. The Hall–Kier alpha value is -0.830. The number of aryl methyl sites for hydroxylation is 1. The molecule has 0 aliphatic carbocycles. The van der Waals surface area contributed by atoms with Gasteiger partial charge < -0.3 is 4.74 Å². The fraction of sp³-hybridized carbons (Fsp3) is 0.444. The van der Waals surface area contributed by atoms with Crippen molar-refractivity contribution in [3.63, 3.8) is 0 Å². The lowest BCUT2D eigenvalue weighted by atomic mass is 10.4. The highest BCUT2D eigenvalue weighted by Gasteiger charge is 2.10. The zero-order valence-corrected chi connectivity index (χ0v) is 8.27. The molecule has 0 bridgehead atoms. The van der Waals surface area contributed by atoms with E-state index in [2.05, 4.69) is 0 Å². The number of carbonyl (C=O) groups excluding carboxylic acids is 1. The Morgan fingerprint density at radius 2 is 2.17 bits per heavy atom. The molecule has 0 radical (unpaired) electrons. The molecule has 1 rings (SSSR count). The van der Waals surface area contributed by atoms with Crippen LogP contribution in [0.15, 0.2) is 12.1 Å². The summed E-state index contributed by atoms with van der Waals surface area (Å²) in [6.45, 7) is 5.66. The van der Waals surface area contributed by atoms with Crippen LogP contribution in [0.25, 0.3) is 0 Å². The number of esters is 1. The molecule has 1 aromatic rings. The third kappa shape index (κ3) is 2.34. The molecule has 3 heteroatoms. The molecule has 0 aromatic carbocycles. The van der Waals surface area contributed by atoms with Crippen molar-refractivity contribution < 1.29 is 9.53 Å². The standard InChI is InChI=1S/C9H12O2S/c1-6(2)11-9(10)8-5-4-7(3)12-8/h4-6H,1-3H3. The average Bonchev–Trinajstić information content (AvgIpc) is 2.34. The first-order chi connectivity index (χ1) is 5.59. The molecule has 0 aliphatic rings. The Morgan fingerprint density at radius 1 is 1.50 bits per heavy atom. The van der Waals surface area contributed by atoms with E-state index in [1.54, 1.807) is 6.07 Å². The van der Waals surface area contributed by atoms with Crippen LogP contribution < -0.4 is 0 Å². The molecule has 0 fully saturated rings. The lowest BCUT2D eigenvalue weighted by Gasteiger charge is -2.05. The third-order valence-corrected chi connectivity index (χ3v) is 2.27. The van der Waals surface area contributed by atoms with Crippen LogP contribution in [0, 0.1) is 6.92 Å². The molecule has 1 aromatic heterocycles. The van der Waals surface area contributed by atoms with E-state index in [1.165, 1.54) is 11.3 Å². The van der Waals surface area contributed by atoms with Gasteiger partial charge in [0.2, 0.25) is 0 Å². The van der Waals surface area contributed by atoms with Crippen molar-refractivity contribution in [2.24, 2.45) is 0 Å². The van der Waals surface area contributed by atoms with Gasteiger partial charge in [0.15, 0.2) is 0 Å². The molecule has 0 aliphatic heterocycles. The Bertz CT molecular complexity index is 276. The molecule has 66 valence electrons. The molecule has 0 saturated carbocycles. The zero-order chi connectivity index (χ0) is 9.14. The van der Waals surface area contributed by atoms with Gasteiger partial charge in [-0.25, -0.2) is 4.79 Å². The first kappa shape index (κ1) is 9.26. The normalized spacial score (nSPS) is 10.3. The van der Waals surface area contributed by atoms with Crippen molar-refractivity contribution in [1.29, 1.82) is 0 Å². The largest absolute Gasteiger partial charge is 0.459 e. The highest BCUT2D eigenvalue weighted by Crippen LogP contribution is 2.16. The van der Waals surface area contributed by atoms with Crippen LogP contribution in [0.3, 0.4) is 0 Å². The molecule has 0 saturated heterocycles. The summed E-state index contributed by atoms with van der Waals surface area (Å²) < 4.78 is 5.02. The van der Waals surface area contributed by atoms with E-state index in [1.807, 2.05) is 26.8 Å². The first-order valence-corrected chi connectivity index (χ1v) is 4.68. The number of thiophene rings is 1. The second-order valence-corrected chi connectivity index (χ2v) is 4.15. The molecule has 0 amide bonds. The van der Waals surface area contributed by atoms with Crippen molar-refractivity contribution >= 4 is 17.3 Å². The van der Waals surface area contributed by atoms with E-state index in [0.717, 1.165) is 4.88 Å². The zero-order valence-electron chi connectivity index (χ0n) is 7.46. The number of rotatable bonds is 2. The molecule has 0 spiro atoms. The summed E-state index contributed by atoms with van der Waals surface area (Å²) >= 11 is 1.46. The maximum Gasteiger partial charge on any atom is 0.348 e. The summed E-state index contributed by atoms with van der Waals surface area (Å²) in [7, 11) is 0. The summed E-state index contributed by atoms with van der Waals surface area (Å²) in [5.74, 6) is -0.219. The first-order valence-electron chi connectivity index (χ1n) is 3.87. The van der Waals surface area contributed by atoms with Gasteiger partial charge in [-0.15, -0.1) is 11.3 Å². The van der Waals surface area contributed by atoms with Gasteiger partial charge in [0.05, 0.1) is 6.10 Å². The smallest absolute Gasteiger partial charge is 0.348 e. The monoisotopic (exact) mass is 184 g/mol. The molecule has 12 heavy (non-hydrogen) atoms. The van der Waals surface area contributed by atoms with Crippen molar-refractivity contribution in [3.05, 3.63) is 21.9 Å². The highest BCUT2D eigenvalue weighted by atomic mass is 32.1. The summed E-state index contributed by atoms with van der Waals surface area (Å²) in [6.07, 6.45) is -0.0418. The molecule has 0 unspecified atom stereocenters. The van der Waals surface area contributed by atoms with Crippen LogP contribution in [0.5, 0.6) is 0 Å². The summed E-state index contributed by atoms with van der Waals surface area (Å²) in [5, 5.41) is 0. The minimum Gasteiger partial charge on any atom is -0.459 e. The maximum atomic E-state index is 11.3. The predicted octanol–water partition coefficient (Wildman–Crippen LogP) is 2.62. The van der Waals surface area contributed by atoms with Crippen molar-refractivity contribution in [1.82, 2.24) is 0 Å². The Morgan fingerprint density at radius 3 is 2.58 bits per heavy atom. The van der Waals surface area contributed by atoms with E-state index in [4.69, 9.17) is 4.74 Å². The number of carbonyl (C=O) groups is 1. The van der Waals surface area contributed by atoms with Gasteiger partial charge in [0.1, 0.15) is 4.88 Å². The fourth-order valence-electron chi connectivity index (χ4n) is 0.816. The lowest BCUT2D eigenvalue weighted by molar-refractivity contribution is 0.0384. The van der Waals surface area contributed by atoms with E-state index in [-0.39, 0.29) is 12.1 Å².